The first-order valence-electron chi connectivity index (χ1n) is 28.0. The molecule has 8 nitrogen and oxygen atoms in total. The minimum absolute atomic E-state index is 0.360. The highest BCUT2D eigenvalue weighted by Gasteiger charge is 2.64. The Morgan fingerprint density at radius 1 is 0.287 bits per heavy atom. The van der Waals surface area contributed by atoms with Gasteiger partial charge >= 0.3 is 21.1 Å². The third-order valence-electron chi connectivity index (χ3n) is 19.0. The Hall–Kier alpha value is -6.21. The quantitative estimate of drug-likeness (QED) is 0.159. The van der Waals surface area contributed by atoms with Gasteiger partial charge in [-0.2, -0.15) is 0 Å². The predicted octanol–water partition coefficient (Wildman–Crippen LogP) is 15.6. The van der Waals surface area contributed by atoms with Crippen LogP contribution in [-0.2, 0) is 38.8 Å². The van der Waals surface area contributed by atoms with E-state index in [0.29, 0.717) is 0 Å². The summed E-state index contributed by atoms with van der Waals surface area (Å²) in [6, 6.07) is 64.6. The minimum atomic E-state index is -0.476. The van der Waals surface area contributed by atoms with E-state index >= 15 is 0 Å². The van der Waals surface area contributed by atoms with E-state index in [1.165, 1.54) is 55.6 Å². The van der Waals surface area contributed by atoms with Crippen LogP contribution in [0.4, 0.5) is 0 Å². The molecule has 0 unspecified atom stereocenters. The van der Waals surface area contributed by atoms with Gasteiger partial charge in [0.1, 0.15) is 23.0 Å². The van der Waals surface area contributed by atoms with Gasteiger partial charge in [0.25, 0.3) is 0 Å². The lowest BCUT2D eigenvalue weighted by Crippen LogP contribution is -2.41. The average molecular weight is 1120 g/mol. The first kappa shape index (κ1) is 53.1. The molecular formula is C68H66B3BrO8. The molecule has 0 bridgehead atoms. The molecule has 0 atom stereocenters. The number of para-hydroxylation sites is 4. The van der Waals surface area contributed by atoms with Crippen molar-refractivity contribution in [1.29, 1.82) is 0 Å². The first-order chi connectivity index (χ1) is 38.0. The van der Waals surface area contributed by atoms with Crippen molar-refractivity contribution in [2.45, 2.75) is 128 Å². The van der Waals surface area contributed by atoms with E-state index < -0.39 is 37.8 Å². The van der Waals surface area contributed by atoms with Gasteiger partial charge < -0.3 is 37.4 Å². The molecule has 5 heterocycles. The summed E-state index contributed by atoms with van der Waals surface area (Å²) in [5, 5.41) is 0. The fourth-order valence-corrected chi connectivity index (χ4v) is 13.2. The number of halogens is 1. The summed E-state index contributed by atoms with van der Waals surface area (Å²) < 4.78 is 50.6. The summed E-state index contributed by atoms with van der Waals surface area (Å²) in [6.07, 6.45) is 0. The normalized spacial score (nSPS) is 20.7. The highest BCUT2D eigenvalue weighted by Crippen LogP contribution is 2.64. The summed E-state index contributed by atoms with van der Waals surface area (Å²) in [7, 11) is -1.37. The molecule has 15 rings (SSSR count). The van der Waals surface area contributed by atoms with E-state index in [4.69, 9.17) is 37.4 Å². The SMILES string of the molecule is Brc1ccc2c(c1)C1(c3ccccc3Oc3ccccc31)c1ccccc1-2.CC1(C)OB(B2OC(C)(C)C(C)(C)O2)OC1(C)C.CC1(C)OB(c2ccc3c(c2)C2(c4ccccc4Oc4ccccc42)c2ccccc2-3)OC1(C)C. The summed E-state index contributed by atoms with van der Waals surface area (Å²) >= 11 is 3.71. The highest BCUT2D eigenvalue weighted by atomic mass is 79.9. The fourth-order valence-electron chi connectivity index (χ4n) is 12.8. The Labute approximate surface area is 481 Å². The molecule has 12 heteroatoms. The van der Waals surface area contributed by atoms with Crippen molar-refractivity contribution in [3.8, 4) is 45.3 Å². The third kappa shape index (κ3) is 7.80. The van der Waals surface area contributed by atoms with Gasteiger partial charge in [-0.05, 0) is 169 Å². The Bertz CT molecular complexity index is 3620. The molecule has 2 aliphatic carbocycles. The van der Waals surface area contributed by atoms with E-state index in [9.17, 15) is 0 Å². The fraction of sp³-hybridized carbons (Fsp3) is 0.294. The van der Waals surface area contributed by atoms with Crippen molar-refractivity contribution in [2.75, 3.05) is 0 Å². The van der Waals surface area contributed by atoms with Gasteiger partial charge in [-0.1, -0.05) is 162 Å². The van der Waals surface area contributed by atoms with Crippen LogP contribution in [-0.4, -0.2) is 54.7 Å². The summed E-state index contributed by atoms with van der Waals surface area (Å²) in [5.74, 6) is 3.66. The van der Waals surface area contributed by atoms with Crippen molar-refractivity contribution < 1.29 is 37.4 Å². The second-order valence-corrected chi connectivity index (χ2v) is 26.0. The molecule has 0 aromatic heterocycles. The Kier molecular flexibility index (Phi) is 12.2. The van der Waals surface area contributed by atoms with Crippen LogP contribution in [0.15, 0.2) is 186 Å². The molecule has 3 saturated heterocycles. The number of hydrogen-bond acceptors (Lipinski definition) is 8. The van der Waals surface area contributed by atoms with Gasteiger partial charge in [0.2, 0.25) is 0 Å². The highest BCUT2D eigenvalue weighted by molar-refractivity contribution is 9.10. The van der Waals surface area contributed by atoms with Crippen LogP contribution in [0.3, 0.4) is 0 Å². The van der Waals surface area contributed by atoms with E-state index in [2.05, 4.69) is 201 Å². The lowest BCUT2D eigenvalue weighted by atomic mass is 9.49. The maximum Gasteiger partial charge on any atom is 0.494 e. The van der Waals surface area contributed by atoms with E-state index in [1.807, 2.05) is 79.7 Å². The lowest BCUT2D eigenvalue weighted by Gasteiger charge is -2.39. The molecule has 5 aliphatic heterocycles. The monoisotopic (exact) mass is 1120 g/mol. The molecule has 0 radical (unpaired) electrons. The summed E-state index contributed by atoms with van der Waals surface area (Å²) in [4.78, 5) is 0. The maximum atomic E-state index is 6.45. The van der Waals surface area contributed by atoms with Crippen molar-refractivity contribution in [3.05, 3.63) is 231 Å². The molecule has 3 fully saturated rings. The second-order valence-electron chi connectivity index (χ2n) is 25.1. The van der Waals surface area contributed by atoms with Gasteiger partial charge in [0, 0.05) is 26.7 Å². The van der Waals surface area contributed by atoms with Crippen molar-refractivity contribution in [3.63, 3.8) is 0 Å². The van der Waals surface area contributed by atoms with Gasteiger partial charge in [-0.25, -0.2) is 0 Å². The van der Waals surface area contributed by atoms with Crippen LogP contribution in [0.25, 0.3) is 22.3 Å². The largest absolute Gasteiger partial charge is 0.494 e. The molecule has 8 aromatic rings. The molecule has 80 heavy (non-hydrogen) atoms. The predicted molar refractivity (Wildman–Crippen MR) is 323 cm³/mol. The van der Waals surface area contributed by atoms with Crippen LogP contribution in [0, 0.1) is 0 Å². The van der Waals surface area contributed by atoms with Crippen molar-refractivity contribution in [1.82, 2.24) is 0 Å². The zero-order valence-corrected chi connectivity index (χ0v) is 49.3. The lowest BCUT2D eigenvalue weighted by molar-refractivity contribution is 0.00578. The van der Waals surface area contributed by atoms with Gasteiger partial charge in [-0.3, -0.25) is 0 Å². The molecule has 0 saturated carbocycles. The van der Waals surface area contributed by atoms with Crippen LogP contribution in [0.5, 0.6) is 23.0 Å². The zero-order chi connectivity index (χ0) is 56.0. The van der Waals surface area contributed by atoms with Crippen LogP contribution in [0.2, 0.25) is 0 Å². The van der Waals surface area contributed by atoms with Gasteiger partial charge in [0.15, 0.2) is 0 Å². The van der Waals surface area contributed by atoms with E-state index in [1.54, 1.807) is 0 Å². The number of rotatable bonds is 2. The van der Waals surface area contributed by atoms with Crippen LogP contribution < -0.4 is 14.9 Å². The Balaban J connectivity index is 0.000000120. The average Bonchev–Trinajstić information content (AvgIpc) is 2.07. The van der Waals surface area contributed by atoms with Crippen LogP contribution in [0.1, 0.15) is 128 Å². The molecule has 0 N–H and O–H groups in total. The van der Waals surface area contributed by atoms with E-state index in [0.717, 1.165) is 44.1 Å². The third-order valence-corrected chi connectivity index (χ3v) is 19.5. The number of benzene rings is 8. The molecule has 7 aliphatic rings. The standard InChI is InChI=1S/C31H27BO3.C25H15BrO.C12H24B2O4/c1-29(2)30(3,4)35-32(34-29)20-17-18-22-21-11-5-6-12-23(21)31(26(22)19-20)24-13-7-9-15-27(24)33-28-16-10-8-14-25(28)31;26-16-13-14-18-17-7-1-2-8-19(17)25(22(18)15-16)20-9-3-5-11-23(20)27-24-12-6-4-10-21(24)25;1-9(2)10(3,4)16-13(15-9)14-17-11(5,6)12(7,8)18-14/h5-19H,1-4H3;1-15H;1-8H3. The smallest absolute Gasteiger partial charge is 0.457 e. The molecule has 402 valence electrons. The topological polar surface area (TPSA) is 73.8 Å². The van der Waals surface area contributed by atoms with E-state index in [-0.39, 0.29) is 27.8 Å². The Morgan fingerprint density at radius 3 is 0.950 bits per heavy atom. The second kappa shape index (κ2) is 18.4. The molecule has 0 amide bonds. The first-order valence-corrected chi connectivity index (χ1v) is 28.7. The van der Waals surface area contributed by atoms with Crippen LogP contribution >= 0.6 is 15.9 Å². The molecule has 2 spiro atoms. The zero-order valence-electron chi connectivity index (χ0n) is 47.7. The maximum absolute atomic E-state index is 6.45. The van der Waals surface area contributed by atoms with Gasteiger partial charge in [-0.15, -0.1) is 0 Å². The molecule has 8 aromatic carbocycles. The Morgan fingerprint density at radius 2 is 0.575 bits per heavy atom. The number of hydrogen-bond donors (Lipinski definition) is 0. The number of ether oxygens (including phenoxy) is 2. The summed E-state index contributed by atoms with van der Waals surface area (Å²) in [5.41, 5.74) is 13.0. The number of fused-ring (bicyclic) bond motifs is 18. The van der Waals surface area contributed by atoms with Crippen molar-refractivity contribution >= 4 is 42.5 Å². The van der Waals surface area contributed by atoms with Crippen molar-refractivity contribution in [2.24, 2.45) is 0 Å². The molecular weight excluding hydrogens is 1060 g/mol. The minimum Gasteiger partial charge on any atom is -0.457 e. The van der Waals surface area contributed by atoms with Gasteiger partial charge in [0.05, 0.1) is 44.4 Å². The summed E-state index contributed by atoms with van der Waals surface area (Å²) in [6.45, 7) is 24.6.